The monoisotopic (exact) mass is 287 g/mol. The number of sulfonamides is 1. The quantitative estimate of drug-likeness (QED) is 0.760. The minimum Gasteiger partial charge on any atom is -0.396 e. The Bertz CT molecular complexity index is 618. The van der Waals surface area contributed by atoms with E-state index in [1.54, 1.807) is 7.05 Å². The number of hydrogen-bond donors (Lipinski definition) is 2. The van der Waals surface area contributed by atoms with Crippen LogP contribution in [0.3, 0.4) is 0 Å². The second kappa shape index (κ2) is 4.78. The summed E-state index contributed by atoms with van der Waals surface area (Å²) in [4.78, 5) is 12.9. The van der Waals surface area contributed by atoms with Crippen molar-refractivity contribution in [3.63, 3.8) is 0 Å². The Balaban J connectivity index is 2.23. The molecule has 0 aromatic heterocycles. The molecule has 0 bridgehead atoms. The molecule has 19 heavy (non-hydrogen) atoms. The van der Waals surface area contributed by atoms with Gasteiger partial charge in [-0.1, -0.05) is 0 Å². The van der Waals surface area contributed by atoms with Crippen molar-refractivity contribution < 1.29 is 17.6 Å². The number of nitrogens with zero attached hydrogens (tertiary/aromatic N) is 1. The molecule has 0 saturated carbocycles. The Morgan fingerprint density at radius 3 is 2.68 bits per heavy atom. The maximum atomic E-state index is 13.0. The summed E-state index contributed by atoms with van der Waals surface area (Å²) in [6, 6.07) is 2.34. The number of carbonyl (C=O) groups is 1. The number of hydrogen-bond acceptors (Lipinski definition) is 4. The summed E-state index contributed by atoms with van der Waals surface area (Å²) in [7, 11) is -2.28. The summed E-state index contributed by atoms with van der Waals surface area (Å²) in [5.74, 6) is -0.964. The topological polar surface area (TPSA) is 92.5 Å². The van der Waals surface area contributed by atoms with Crippen LogP contribution < -0.4 is 10.5 Å². The largest absolute Gasteiger partial charge is 0.396 e. The van der Waals surface area contributed by atoms with Crippen molar-refractivity contribution in [3.8, 4) is 0 Å². The van der Waals surface area contributed by atoms with E-state index in [0.29, 0.717) is 13.0 Å². The van der Waals surface area contributed by atoms with E-state index in [-0.39, 0.29) is 16.5 Å². The minimum absolute atomic E-state index is 0.159. The van der Waals surface area contributed by atoms with Gasteiger partial charge in [0.1, 0.15) is 11.9 Å². The van der Waals surface area contributed by atoms with Crippen molar-refractivity contribution >= 4 is 21.6 Å². The maximum Gasteiger partial charge on any atom is 0.241 e. The molecule has 104 valence electrons. The molecule has 8 heteroatoms. The summed E-state index contributed by atoms with van der Waals surface area (Å²) in [6.45, 7) is 0.498. The first kappa shape index (κ1) is 13.8. The standard InChI is InChI=1S/C11H14FN3O3S/c1-15-5-4-10(11(15)16)14-19(17,18)7-2-3-8(12)9(13)6-7/h2-3,6,10,14H,4-5,13H2,1H3. The molecule has 1 atom stereocenters. The van der Waals surface area contributed by atoms with Gasteiger partial charge in [0.15, 0.2) is 0 Å². The summed E-state index contributed by atoms with van der Waals surface area (Å²) in [5, 5.41) is 0. The predicted octanol–water partition coefficient (Wildman–Crippen LogP) is -0.0831. The van der Waals surface area contributed by atoms with Gasteiger partial charge in [-0.25, -0.2) is 12.8 Å². The highest BCUT2D eigenvalue weighted by Crippen LogP contribution is 2.18. The zero-order valence-electron chi connectivity index (χ0n) is 10.3. The molecule has 1 fully saturated rings. The molecule has 3 N–H and O–H groups in total. The second-order valence-electron chi connectivity index (χ2n) is 4.41. The fraction of sp³-hybridized carbons (Fsp3) is 0.364. The molecule has 1 heterocycles. The zero-order valence-corrected chi connectivity index (χ0v) is 11.1. The van der Waals surface area contributed by atoms with Crippen molar-refractivity contribution in [1.29, 1.82) is 0 Å². The van der Waals surface area contributed by atoms with Crippen LogP contribution in [0.15, 0.2) is 23.1 Å². The highest BCUT2D eigenvalue weighted by Gasteiger charge is 2.33. The van der Waals surface area contributed by atoms with Gasteiger partial charge in [0.2, 0.25) is 15.9 Å². The predicted molar refractivity (Wildman–Crippen MR) is 67.2 cm³/mol. The summed E-state index contributed by atoms with van der Waals surface area (Å²) in [5.41, 5.74) is 5.08. The lowest BCUT2D eigenvalue weighted by molar-refractivity contribution is -0.127. The molecular formula is C11H14FN3O3S. The lowest BCUT2D eigenvalue weighted by Gasteiger charge is -2.13. The van der Waals surface area contributed by atoms with Gasteiger partial charge >= 0.3 is 0 Å². The average Bonchev–Trinajstić information content (AvgIpc) is 2.64. The molecule has 1 aliphatic rings. The van der Waals surface area contributed by atoms with E-state index in [9.17, 15) is 17.6 Å². The fourth-order valence-electron chi connectivity index (χ4n) is 1.88. The number of carbonyl (C=O) groups excluding carboxylic acids is 1. The van der Waals surface area contributed by atoms with Crippen LogP contribution >= 0.6 is 0 Å². The number of nitrogens with one attached hydrogen (secondary N) is 1. The molecule has 1 saturated heterocycles. The van der Waals surface area contributed by atoms with Crippen molar-refractivity contribution in [2.75, 3.05) is 19.3 Å². The third-order valence-electron chi connectivity index (χ3n) is 3.00. The van der Waals surface area contributed by atoms with Gasteiger partial charge in [-0.2, -0.15) is 4.72 Å². The smallest absolute Gasteiger partial charge is 0.241 e. The van der Waals surface area contributed by atoms with E-state index >= 15 is 0 Å². The molecule has 1 amide bonds. The molecule has 0 radical (unpaired) electrons. The van der Waals surface area contributed by atoms with E-state index in [0.717, 1.165) is 18.2 Å². The van der Waals surface area contributed by atoms with Crippen LogP contribution in [0.5, 0.6) is 0 Å². The highest BCUT2D eigenvalue weighted by molar-refractivity contribution is 7.89. The number of likely N-dealkylation sites (tertiary alicyclic amines) is 1. The number of anilines is 1. The third-order valence-corrected chi connectivity index (χ3v) is 4.47. The average molecular weight is 287 g/mol. The molecule has 1 aromatic carbocycles. The maximum absolute atomic E-state index is 13.0. The third kappa shape index (κ3) is 2.69. The Labute approximate surface area is 110 Å². The van der Waals surface area contributed by atoms with Gasteiger partial charge in [-0.15, -0.1) is 0 Å². The SMILES string of the molecule is CN1CCC(NS(=O)(=O)c2ccc(F)c(N)c2)C1=O. The summed E-state index contributed by atoms with van der Waals surface area (Å²) < 4.78 is 39.4. The fourth-order valence-corrected chi connectivity index (χ4v) is 3.13. The van der Waals surface area contributed by atoms with Crippen LogP contribution in [0.4, 0.5) is 10.1 Å². The van der Waals surface area contributed by atoms with Crippen LogP contribution in [0, 0.1) is 5.82 Å². The number of amides is 1. The Hall–Kier alpha value is -1.67. The first-order valence-corrected chi connectivity index (χ1v) is 7.12. The second-order valence-corrected chi connectivity index (χ2v) is 6.12. The van der Waals surface area contributed by atoms with E-state index in [4.69, 9.17) is 5.73 Å². The van der Waals surface area contributed by atoms with Gasteiger partial charge in [0.05, 0.1) is 10.6 Å². The lowest BCUT2D eigenvalue weighted by Crippen LogP contribution is -2.40. The van der Waals surface area contributed by atoms with Gasteiger partial charge in [0, 0.05) is 13.6 Å². The molecular weight excluding hydrogens is 273 g/mol. The van der Waals surface area contributed by atoms with Gasteiger partial charge in [0.25, 0.3) is 0 Å². The van der Waals surface area contributed by atoms with E-state index in [2.05, 4.69) is 4.72 Å². The Morgan fingerprint density at radius 2 is 2.16 bits per heavy atom. The van der Waals surface area contributed by atoms with Crippen LogP contribution in [0.2, 0.25) is 0 Å². The Kier molecular flexibility index (Phi) is 3.46. The van der Waals surface area contributed by atoms with Gasteiger partial charge < -0.3 is 10.6 Å². The van der Waals surface area contributed by atoms with Crippen molar-refractivity contribution in [3.05, 3.63) is 24.0 Å². The molecule has 2 rings (SSSR count). The highest BCUT2D eigenvalue weighted by atomic mass is 32.2. The number of benzene rings is 1. The van der Waals surface area contributed by atoms with Crippen LogP contribution in [0.25, 0.3) is 0 Å². The number of rotatable bonds is 3. The number of nitrogen functional groups attached to an aromatic ring is 1. The molecule has 0 aliphatic carbocycles. The van der Waals surface area contributed by atoms with E-state index in [1.807, 2.05) is 0 Å². The first-order chi connectivity index (χ1) is 8.81. The van der Waals surface area contributed by atoms with Crippen LogP contribution in [-0.4, -0.2) is 38.9 Å². The Morgan fingerprint density at radius 1 is 1.47 bits per heavy atom. The van der Waals surface area contributed by atoms with Gasteiger partial charge in [-0.05, 0) is 24.6 Å². The number of nitrogens with two attached hydrogens (primary N) is 1. The molecule has 1 unspecified atom stereocenters. The number of likely N-dealkylation sites (N-methyl/N-ethyl adjacent to an activating group) is 1. The minimum atomic E-state index is -3.88. The molecule has 1 aromatic rings. The molecule has 0 spiro atoms. The number of halogens is 1. The van der Waals surface area contributed by atoms with Crippen LogP contribution in [-0.2, 0) is 14.8 Å². The van der Waals surface area contributed by atoms with Crippen molar-refractivity contribution in [2.24, 2.45) is 0 Å². The van der Waals surface area contributed by atoms with Gasteiger partial charge in [-0.3, -0.25) is 4.79 Å². The molecule has 1 aliphatic heterocycles. The van der Waals surface area contributed by atoms with E-state index in [1.165, 1.54) is 4.90 Å². The van der Waals surface area contributed by atoms with Crippen LogP contribution in [0.1, 0.15) is 6.42 Å². The lowest BCUT2D eigenvalue weighted by atomic mass is 10.3. The summed E-state index contributed by atoms with van der Waals surface area (Å²) in [6.07, 6.45) is 0.408. The van der Waals surface area contributed by atoms with Crippen molar-refractivity contribution in [2.45, 2.75) is 17.4 Å². The summed E-state index contributed by atoms with van der Waals surface area (Å²) >= 11 is 0. The molecule has 6 nitrogen and oxygen atoms in total. The normalized spacial score (nSPS) is 20.0. The van der Waals surface area contributed by atoms with E-state index < -0.39 is 21.9 Å². The zero-order chi connectivity index (χ0) is 14.2. The first-order valence-electron chi connectivity index (χ1n) is 5.63. The van der Waals surface area contributed by atoms with Crippen molar-refractivity contribution in [1.82, 2.24) is 9.62 Å².